The van der Waals surface area contributed by atoms with Crippen molar-refractivity contribution in [1.29, 1.82) is 0 Å². The van der Waals surface area contributed by atoms with E-state index in [9.17, 15) is 19.5 Å². The molecule has 3 amide bonds. The molecule has 4 aliphatic rings. The zero-order valence-electron chi connectivity index (χ0n) is 25.0. The normalized spacial score (nSPS) is 28.5. The van der Waals surface area contributed by atoms with E-state index in [0.29, 0.717) is 39.2 Å². The number of aliphatic hydroxyl groups excluding tert-OH is 1. The lowest BCUT2D eigenvalue weighted by Gasteiger charge is -2.35. The summed E-state index contributed by atoms with van der Waals surface area (Å²) < 4.78 is 12.3. The summed E-state index contributed by atoms with van der Waals surface area (Å²) in [5.41, 5.74) is -0.470. The molecule has 1 unspecified atom stereocenters. The van der Waals surface area contributed by atoms with Crippen LogP contribution in [0.1, 0.15) is 58.8 Å². The second kappa shape index (κ2) is 13.4. The Morgan fingerprint density at radius 2 is 1.67 bits per heavy atom. The van der Waals surface area contributed by atoms with E-state index in [1.54, 1.807) is 9.80 Å². The average Bonchev–Trinajstić information content (AvgIpc) is 3.30. The second-order valence-corrected chi connectivity index (χ2v) is 11.7. The first-order chi connectivity index (χ1) is 20.5. The number of hydrogen-bond donors (Lipinski definition) is 1. The number of likely N-dealkylation sites (tertiary alicyclic amines) is 1. The van der Waals surface area contributed by atoms with Crippen molar-refractivity contribution in [1.82, 2.24) is 9.80 Å². The minimum Gasteiger partial charge on any atom is -0.494 e. The van der Waals surface area contributed by atoms with Crippen molar-refractivity contribution in [3.8, 4) is 5.75 Å². The number of carbonyl (C=O) groups excluding carboxylic acids is 3. The first-order valence-electron chi connectivity index (χ1n) is 15.7. The van der Waals surface area contributed by atoms with E-state index in [1.165, 1.54) is 0 Å². The third kappa shape index (κ3) is 5.61. The highest BCUT2D eigenvalue weighted by atomic mass is 16.5. The lowest BCUT2D eigenvalue weighted by molar-refractivity contribution is -0.147. The number of hydrogen-bond acceptors (Lipinski definition) is 6. The van der Waals surface area contributed by atoms with Crippen molar-refractivity contribution in [2.75, 3.05) is 44.3 Å². The summed E-state index contributed by atoms with van der Waals surface area (Å²) in [5, 5.41) is 9.18. The van der Waals surface area contributed by atoms with Crippen LogP contribution in [0.15, 0.2) is 48.6 Å². The largest absolute Gasteiger partial charge is 0.494 e. The van der Waals surface area contributed by atoms with Gasteiger partial charge in [-0.2, -0.15) is 0 Å². The number of rotatable bonds is 13. The van der Waals surface area contributed by atoms with Crippen LogP contribution < -0.4 is 9.64 Å². The van der Waals surface area contributed by atoms with Crippen LogP contribution in [0.3, 0.4) is 0 Å². The van der Waals surface area contributed by atoms with Gasteiger partial charge in [-0.25, -0.2) is 0 Å². The highest BCUT2D eigenvalue weighted by Gasteiger charge is 2.71. The number of amides is 3. The molecule has 0 radical (unpaired) electrons. The Labute approximate surface area is 249 Å². The maximum Gasteiger partial charge on any atom is 0.249 e. The van der Waals surface area contributed by atoms with Crippen LogP contribution in [0.25, 0.3) is 0 Å². The van der Waals surface area contributed by atoms with Crippen molar-refractivity contribution in [2.24, 2.45) is 11.8 Å². The van der Waals surface area contributed by atoms with Gasteiger partial charge in [-0.05, 0) is 50.5 Å². The summed E-state index contributed by atoms with van der Waals surface area (Å²) in [6.45, 7) is 6.64. The van der Waals surface area contributed by atoms with Gasteiger partial charge in [-0.15, -0.1) is 0 Å². The van der Waals surface area contributed by atoms with Crippen molar-refractivity contribution in [3.63, 3.8) is 0 Å². The molecular formula is C33H45N3O6. The topological polar surface area (TPSA) is 99.6 Å². The van der Waals surface area contributed by atoms with Crippen LogP contribution in [-0.2, 0) is 19.1 Å². The average molecular weight is 580 g/mol. The molecule has 5 atom stereocenters. The van der Waals surface area contributed by atoms with E-state index in [1.807, 2.05) is 60.4 Å². The van der Waals surface area contributed by atoms with Crippen molar-refractivity contribution < 1.29 is 29.0 Å². The maximum atomic E-state index is 14.4. The molecule has 228 valence electrons. The summed E-state index contributed by atoms with van der Waals surface area (Å²) in [4.78, 5) is 48.1. The van der Waals surface area contributed by atoms with Crippen LogP contribution in [0.5, 0.6) is 5.75 Å². The standard InChI is InChI=1S/C33H45N3O6/c1-3-5-8-19-34-20-12-18-33-28(31(39)36(29(33)32(34)40)21-9-6-7-10-23-37)27-26(42-33)13-11-22-35(30(27)38)24-14-16-25(17-15-24)41-4-2/h11-18,26-29,37H,3-10,19-23H2,1-2H3/t26-,27+,28-,29?,33-/m0/s1. The minimum atomic E-state index is -1.20. The Morgan fingerprint density at radius 1 is 0.905 bits per heavy atom. The lowest BCUT2D eigenvalue weighted by atomic mass is 9.77. The summed E-state index contributed by atoms with van der Waals surface area (Å²) in [6, 6.07) is 6.62. The van der Waals surface area contributed by atoms with Gasteiger partial charge in [0.15, 0.2) is 0 Å². The highest BCUT2D eigenvalue weighted by Crippen LogP contribution is 2.53. The molecule has 4 aliphatic heterocycles. The third-order valence-corrected chi connectivity index (χ3v) is 9.04. The predicted octanol–water partition coefficient (Wildman–Crippen LogP) is 3.71. The van der Waals surface area contributed by atoms with Gasteiger partial charge in [0.25, 0.3) is 0 Å². The molecule has 0 saturated carbocycles. The monoisotopic (exact) mass is 579 g/mol. The van der Waals surface area contributed by atoms with E-state index in [-0.39, 0.29) is 24.3 Å². The molecule has 1 spiro atoms. The number of nitrogens with zero attached hydrogens (tertiary/aromatic N) is 3. The molecule has 1 aromatic rings. The summed E-state index contributed by atoms with van der Waals surface area (Å²) >= 11 is 0. The number of fused-ring (bicyclic) bond motifs is 2. The predicted molar refractivity (Wildman–Crippen MR) is 160 cm³/mol. The maximum absolute atomic E-state index is 14.4. The van der Waals surface area contributed by atoms with Gasteiger partial charge >= 0.3 is 0 Å². The first kappa shape index (κ1) is 30.3. The summed E-state index contributed by atoms with van der Waals surface area (Å²) in [7, 11) is 0. The summed E-state index contributed by atoms with van der Waals surface area (Å²) in [5.74, 6) is -1.25. The van der Waals surface area contributed by atoms with E-state index >= 15 is 0 Å². The zero-order chi connectivity index (χ0) is 29.7. The van der Waals surface area contributed by atoms with Gasteiger partial charge in [-0.1, -0.05) is 56.9 Å². The Hall–Kier alpha value is -3.17. The highest BCUT2D eigenvalue weighted by molar-refractivity contribution is 6.03. The molecule has 2 saturated heterocycles. The van der Waals surface area contributed by atoms with Gasteiger partial charge in [0, 0.05) is 38.5 Å². The number of anilines is 1. The van der Waals surface area contributed by atoms with E-state index in [0.717, 1.165) is 50.0 Å². The number of carbonyl (C=O) groups is 3. The van der Waals surface area contributed by atoms with Crippen LogP contribution in [0.2, 0.25) is 0 Å². The Bertz CT molecular complexity index is 1180. The van der Waals surface area contributed by atoms with Gasteiger partial charge in [0.05, 0.1) is 24.5 Å². The Morgan fingerprint density at radius 3 is 2.40 bits per heavy atom. The first-order valence-corrected chi connectivity index (χ1v) is 15.7. The van der Waals surface area contributed by atoms with Crippen LogP contribution in [-0.4, -0.2) is 89.8 Å². The molecule has 42 heavy (non-hydrogen) atoms. The molecule has 1 aromatic carbocycles. The van der Waals surface area contributed by atoms with Crippen molar-refractivity contribution in [2.45, 2.75) is 76.5 Å². The smallest absolute Gasteiger partial charge is 0.249 e. The van der Waals surface area contributed by atoms with Crippen LogP contribution >= 0.6 is 0 Å². The molecular weight excluding hydrogens is 534 g/mol. The zero-order valence-corrected chi connectivity index (χ0v) is 25.0. The molecule has 0 aliphatic carbocycles. The fourth-order valence-corrected chi connectivity index (χ4v) is 7.05. The number of unbranched alkanes of at least 4 members (excludes halogenated alkanes) is 5. The van der Waals surface area contributed by atoms with Crippen LogP contribution in [0.4, 0.5) is 5.69 Å². The molecule has 4 heterocycles. The molecule has 9 heteroatoms. The SMILES string of the molecule is CCCCCN1CC=C[C@]23O[C@H]4C=CCN(c5ccc(OCC)cc5)C(=O)[C@H]4[C@H]2C(=O)N(CCCCCCO)C3C1=O. The van der Waals surface area contributed by atoms with Crippen molar-refractivity contribution >= 4 is 23.4 Å². The molecule has 5 rings (SSSR count). The molecule has 1 N–H and O–H groups in total. The Balaban J connectivity index is 1.47. The van der Waals surface area contributed by atoms with E-state index in [2.05, 4.69) is 6.92 Å². The minimum absolute atomic E-state index is 0.0985. The summed E-state index contributed by atoms with van der Waals surface area (Å²) in [6.07, 6.45) is 13.2. The Kier molecular flexibility index (Phi) is 9.68. The van der Waals surface area contributed by atoms with Gasteiger partial charge in [0.2, 0.25) is 17.7 Å². The number of ether oxygens (including phenoxy) is 2. The fourth-order valence-electron chi connectivity index (χ4n) is 7.05. The molecule has 2 fully saturated rings. The van der Waals surface area contributed by atoms with E-state index < -0.39 is 29.6 Å². The van der Waals surface area contributed by atoms with Gasteiger partial charge < -0.3 is 29.3 Å². The third-order valence-electron chi connectivity index (χ3n) is 9.04. The van der Waals surface area contributed by atoms with Crippen LogP contribution in [0, 0.1) is 11.8 Å². The molecule has 0 aromatic heterocycles. The van der Waals surface area contributed by atoms with Gasteiger partial charge in [0.1, 0.15) is 17.4 Å². The van der Waals surface area contributed by atoms with Gasteiger partial charge in [-0.3, -0.25) is 14.4 Å². The van der Waals surface area contributed by atoms with E-state index in [4.69, 9.17) is 9.47 Å². The second-order valence-electron chi connectivity index (χ2n) is 11.7. The van der Waals surface area contributed by atoms with Crippen molar-refractivity contribution in [3.05, 3.63) is 48.6 Å². The number of benzene rings is 1. The molecule has 9 nitrogen and oxygen atoms in total. The molecule has 0 bridgehead atoms. The fraction of sp³-hybridized carbons (Fsp3) is 0.606. The quantitative estimate of drug-likeness (QED) is 0.283. The lowest BCUT2D eigenvalue weighted by Crippen LogP contribution is -2.55. The number of aliphatic hydroxyl groups is 1.